The van der Waals surface area contributed by atoms with Gasteiger partial charge < -0.3 is 15.2 Å². The molecule has 0 aliphatic heterocycles. The number of carbonyl (C=O) groups is 3. The average molecular weight is 699 g/mol. The number of aromatic nitrogens is 1. The van der Waals surface area contributed by atoms with Crippen LogP contribution in [0, 0.1) is 13.8 Å². The second-order valence-electron chi connectivity index (χ2n) is 12.5. The number of nitrogens with zero attached hydrogens (tertiary/aromatic N) is 1. The molecule has 11 heteroatoms. The summed E-state index contributed by atoms with van der Waals surface area (Å²) in [6.07, 6.45) is 2.98. The summed E-state index contributed by atoms with van der Waals surface area (Å²) in [6.45, 7) is 5.68. The van der Waals surface area contributed by atoms with Crippen molar-refractivity contribution < 1.29 is 22.8 Å². The van der Waals surface area contributed by atoms with Gasteiger partial charge in [0.05, 0.1) is 5.75 Å². The number of hydrogen-bond acceptors (Lipinski definition) is 6. The fourth-order valence-corrected chi connectivity index (χ4v) is 7.83. The van der Waals surface area contributed by atoms with Gasteiger partial charge in [0.2, 0.25) is 15.9 Å². The molecule has 9 nitrogen and oxygen atoms in total. The van der Waals surface area contributed by atoms with Gasteiger partial charge in [-0.05, 0) is 77.5 Å². The fourth-order valence-electron chi connectivity index (χ4n) is 5.94. The summed E-state index contributed by atoms with van der Waals surface area (Å²) in [5, 5.41) is 7.76. The number of rotatable bonds is 14. The number of likely N-dealkylation sites (N-methyl/N-ethyl adjacent to an activating group) is 1. The number of unbranched alkanes of at least 4 members (excludes halogenated alkanes) is 1. The first-order valence-corrected chi connectivity index (χ1v) is 18.9. The molecule has 3 N–H and O–H groups in total. The van der Waals surface area contributed by atoms with Crippen molar-refractivity contribution in [3.05, 3.63) is 118 Å². The maximum Gasteiger partial charge on any atom is 0.256 e. The lowest BCUT2D eigenvalue weighted by Crippen LogP contribution is -2.56. The number of nitrogens with one attached hydrogen (secondary N) is 3. The number of sulfonamides is 1. The van der Waals surface area contributed by atoms with Crippen molar-refractivity contribution in [3.8, 4) is 11.1 Å². The lowest BCUT2D eigenvalue weighted by Gasteiger charge is -2.29. The minimum Gasteiger partial charge on any atom is -0.361 e. The molecule has 0 saturated heterocycles. The van der Waals surface area contributed by atoms with Crippen LogP contribution in [0.1, 0.15) is 52.4 Å². The maximum absolute atomic E-state index is 14.3. The molecule has 0 spiro atoms. The van der Waals surface area contributed by atoms with E-state index in [1.165, 1.54) is 4.90 Å². The Balaban J connectivity index is 1.47. The van der Waals surface area contributed by atoms with E-state index in [0.717, 1.165) is 44.3 Å². The van der Waals surface area contributed by atoms with Gasteiger partial charge in [-0.2, -0.15) is 11.3 Å². The van der Waals surface area contributed by atoms with Crippen LogP contribution in [0.15, 0.2) is 89.8 Å². The van der Waals surface area contributed by atoms with Gasteiger partial charge in [0.15, 0.2) is 0 Å². The van der Waals surface area contributed by atoms with Gasteiger partial charge in [0, 0.05) is 42.6 Å². The molecular formula is C38H42N4O5S2. The average Bonchev–Trinajstić information content (AvgIpc) is 3.76. The molecule has 0 aliphatic carbocycles. The van der Waals surface area contributed by atoms with E-state index in [1.54, 1.807) is 36.7 Å². The highest BCUT2D eigenvalue weighted by molar-refractivity contribution is 7.90. The zero-order chi connectivity index (χ0) is 35.1. The molecule has 3 aromatic carbocycles. The minimum absolute atomic E-state index is 0.0294. The van der Waals surface area contributed by atoms with E-state index < -0.39 is 33.9 Å². The summed E-state index contributed by atoms with van der Waals surface area (Å²) in [6, 6.07) is 20.7. The van der Waals surface area contributed by atoms with Gasteiger partial charge in [-0.1, -0.05) is 73.0 Å². The first-order valence-electron chi connectivity index (χ1n) is 16.3. The third-order valence-corrected chi connectivity index (χ3v) is 10.6. The quantitative estimate of drug-likeness (QED) is 0.128. The van der Waals surface area contributed by atoms with Crippen molar-refractivity contribution in [1.29, 1.82) is 0 Å². The summed E-state index contributed by atoms with van der Waals surface area (Å²) in [5.41, 5.74) is 6.81. The molecule has 0 fully saturated rings. The van der Waals surface area contributed by atoms with E-state index in [1.807, 2.05) is 86.8 Å². The highest BCUT2D eigenvalue weighted by atomic mass is 32.2. The summed E-state index contributed by atoms with van der Waals surface area (Å²) >= 11 is 1.61. The molecule has 0 aliphatic rings. The van der Waals surface area contributed by atoms with Crippen LogP contribution in [0.2, 0.25) is 0 Å². The number of aromatic amines is 1. The molecular weight excluding hydrogens is 657 g/mol. The molecule has 49 heavy (non-hydrogen) atoms. The molecule has 0 unspecified atom stereocenters. The second-order valence-corrected chi connectivity index (χ2v) is 15.1. The number of hydrogen-bond donors (Lipinski definition) is 3. The Hall–Kier alpha value is -4.74. The third-order valence-electron chi connectivity index (χ3n) is 8.55. The van der Waals surface area contributed by atoms with Gasteiger partial charge in [-0.15, -0.1) is 0 Å². The van der Waals surface area contributed by atoms with E-state index in [9.17, 15) is 22.8 Å². The van der Waals surface area contributed by atoms with Gasteiger partial charge in [-0.25, -0.2) is 8.42 Å². The number of H-pyrrole nitrogens is 1. The Morgan fingerprint density at radius 3 is 2.29 bits per heavy atom. The monoisotopic (exact) mass is 698 g/mol. The van der Waals surface area contributed by atoms with Crippen molar-refractivity contribution in [2.75, 3.05) is 12.8 Å². The second kappa shape index (κ2) is 15.7. The van der Waals surface area contributed by atoms with Crippen LogP contribution in [-0.2, 0) is 32.5 Å². The van der Waals surface area contributed by atoms with Crippen LogP contribution in [0.4, 0.5) is 0 Å². The Kier molecular flexibility index (Phi) is 11.4. The van der Waals surface area contributed by atoms with Crippen LogP contribution in [-0.4, -0.2) is 60.9 Å². The van der Waals surface area contributed by atoms with Crippen LogP contribution in [0.3, 0.4) is 0 Å². The SMILES string of the molecule is CCCCS(=O)(=O)NC(=O)[C@H](Cc1c[nH]c2ccccc12)NC(=O)[C@H](Cc1ccc(-c2ccsc2)cc1)N(C)C(=O)c1cc(C)cc(C)c1. The maximum atomic E-state index is 14.3. The van der Waals surface area contributed by atoms with E-state index in [4.69, 9.17) is 0 Å². The molecule has 2 atom stereocenters. The molecule has 2 heterocycles. The van der Waals surface area contributed by atoms with Crippen molar-refractivity contribution in [2.24, 2.45) is 0 Å². The molecule has 3 amide bonds. The first kappa shape index (κ1) is 35.6. The highest BCUT2D eigenvalue weighted by Gasteiger charge is 2.33. The standard InChI is InChI=1S/C38H42N4O5S2/c1-5-6-17-49(46,47)41-36(43)34(22-31-23-39-33-10-8-7-9-32(31)33)40-37(44)35(42(4)38(45)30-19-25(2)18-26(3)20-30)21-27-11-13-28(14-12-27)29-15-16-48-24-29/h7-16,18-20,23-24,34-35,39H,5-6,17,21-22H2,1-4H3,(H,40,44)(H,41,43)/t34-,35-/m0/s1. The van der Waals surface area contributed by atoms with Crippen molar-refractivity contribution in [3.63, 3.8) is 0 Å². The minimum atomic E-state index is -3.93. The molecule has 0 bridgehead atoms. The molecule has 2 aromatic heterocycles. The number of fused-ring (bicyclic) bond motifs is 1. The lowest BCUT2D eigenvalue weighted by atomic mass is 9.99. The zero-order valence-corrected chi connectivity index (χ0v) is 29.8. The predicted molar refractivity (Wildman–Crippen MR) is 196 cm³/mol. The summed E-state index contributed by atoms with van der Waals surface area (Å²) < 4.78 is 27.8. The highest BCUT2D eigenvalue weighted by Crippen LogP contribution is 2.24. The fraction of sp³-hybridized carbons (Fsp3) is 0.289. The predicted octanol–water partition coefficient (Wildman–Crippen LogP) is 6.17. The summed E-state index contributed by atoms with van der Waals surface area (Å²) in [4.78, 5) is 46.4. The van der Waals surface area contributed by atoms with E-state index in [2.05, 4.69) is 20.4 Å². The number of carbonyl (C=O) groups excluding carboxylic acids is 3. The zero-order valence-electron chi connectivity index (χ0n) is 28.2. The summed E-state index contributed by atoms with van der Waals surface area (Å²) in [7, 11) is -2.36. The van der Waals surface area contributed by atoms with Crippen LogP contribution in [0.5, 0.6) is 0 Å². The van der Waals surface area contributed by atoms with E-state index >= 15 is 0 Å². The largest absolute Gasteiger partial charge is 0.361 e. The van der Waals surface area contributed by atoms with Gasteiger partial charge in [0.25, 0.3) is 11.8 Å². The van der Waals surface area contributed by atoms with Crippen LogP contribution >= 0.6 is 11.3 Å². The van der Waals surface area contributed by atoms with Gasteiger partial charge >= 0.3 is 0 Å². The summed E-state index contributed by atoms with van der Waals surface area (Å²) in [5.74, 6) is -1.97. The van der Waals surface area contributed by atoms with Crippen LogP contribution in [0.25, 0.3) is 22.0 Å². The van der Waals surface area contributed by atoms with Crippen molar-refractivity contribution in [2.45, 2.75) is 58.5 Å². The third kappa shape index (κ3) is 9.04. The molecule has 0 saturated carbocycles. The first-order chi connectivity index (χ1) is 23.4. The number of aryl methyl sites for hydroxylation is 2. The smallest absolute Gasteiger partial charge is 0.256 e. The number of benzene rings is 3. The number of para-hydroxylation sites is 1. The van der Waals surface area contributed by atoms with Gasteiger partial charge in [0.1, 0.15) is 12.1 Å². The molecule has 0 radical (unpaired) electrons. The lowest BCUT2D eigenvalue weighted by molar-refractivity contribution is -0.130. The Labute approximate surface area is 291 Å². The van der Waals surface area contributed by atoms with Crippen molar-refractivity contribution in [1.82, 2.24) is 19.9 Å². The molecule has 5 aromatic rings. The molecule has 5 rings (SSSR count). The Bertz CT molecular complexity index is 2020. The van der Waals surface area contributed by atoms with Crippen LogP contribution < -0.4 is 10.0 Å². The van der Waals surface area contributed by atoms with Crippen molar-refractivity contribution >= 4 is 50.0 Å². The Morgan fingerprint density at radius 2 is 1.61 bits per heavy atom. The Morgan fingerprint density at radius 1 is 0.898 bits per heavy atom. The molecule has 256 valence electrons. The topological polar surface area (TPSA) is 128 Å². The number of amides is 3. The van der Waals surface area contributed by atoms with Gasteiger partial charge in [-0.3, -0.25) is 19.1 Å². The number of thiophene rings is 1. The van der Waals surface area contributed by atoms with E-state index in [0.29, 0.717) is 18.4 Å². The van der Waals surface area contributed by atoms with E-state index in [-0.39, 0.29) is 24.5 Å². The normalized spacial score (nSPS) is 12.7.